The van der Waals surface area contributed by atoms with Gasteiger partial charge in [0, 0.05) is 11.6 Å². The predicted octanol–water partition coefficient (Wildman–Crippen LogP) is 3.47. The molecule has 2 amide bonds. The Hall–Kier alpha value is -2.92. The van der Waals surface area contributed by atoms with Crippen LogP contribution in [0.15, 0.2) is 18.3 Å². The number of cyclic esters (lactones) is 1. The lowest BCUT2D eigenvalue weighted by molar-refractivity contribution is -0.117. The van der Waals surface area contributed by atoms with Crippen molar-refractivity contribution in [3.05, 3.63) is 29.2 Å². The maximum absolute atomic E-state index is 14.7. The van der Waals surface area contributed by atoms with Crippen LogP contribution in [0.2, 0.25) is 5.02 Å². The third-order valence-corrected chi connectivity index (χ3v) is 5.14. The van der Waals surface area contributed by atoms with Gasteiger partial charge in [-0.2, -0.15) is 5.26 Å². The van der Waals surface area contributed by atoms with Gasteiger partial charge in [-0.3, -0.25) is 9.69 Å². The third-order valence-electron chi connectivity index (χ3n) is 4.77. The summed E-state index contributed by atoms with van der Waals surface area (Å²) in [7, 11) is 0. The monoisotopic (exact) mass is 388 g/mol. The largest absolute Gasteiger partial charge is 0.447 e. The number of nitriles is 1. The zero-order chi connectivity index (χ0) is 19.3. The lowest BCUT2D eigenvalue weighted by Gasteiger charge is -2.20. The number of carbonyl (C=O) groups excluding carboxylic acids is 2. The minimum atomic E-state index is -0.733. The van der Waals surface area contributed by atoms with E-state index >= 15 is 0 Å². The Morgan fingerprint density at radius 2 is 2.30 bits per heavy atom. The van der Waals surface area contributed by atoms with Crippen molar-refractivity contribution in [2.24, 2.45) is 11.8 Å². The van der Waals surface area contributed by atoms with Crippen molar-refractivity contribution >= 4 is 45.9 Å². The number of hydrogen-bond acceptors (Lipinski definition) is 5. The Labute approximate surface area is 158 Å². The summed E-state index contributed by atoms with van der Waals surface area (Å²) < 4.78 is 19.7. The van der Waals surface area contributed by atoms with E-state index in [1.165, 1.54) is 17.2 Å². The van der Waals surface area contributed by atoms with Crippen LogP contribution < -0.4 is 10.2 Å². The van der Waals surface area contributed by atoms with Crippen molar-refractivity contribution in [1.29, 1.82) is 5.26 Å². The summed E-state index contributed by atoms with van der Waals surface area (Å²) in [4.78, 5) is 29.3. The Bertz CT molecular complexity index is 1020. The topological polar surface area (TPSA) is 95.3 Å². The molecule has 1 saturated carbocycles. The third kappa shape index (κ3) is 2.94. The molecule has 4 rings (SSSR count). The smallest absolute Gasteiger partial charge is 0.414 e. The first-order valence-electron chi connectivity index (χ1n) is 8.35. The van der Waals surface area contributed by atoms with Gasteiger partial charge in [-0.05, 0) is 30.9 Å². The van der Waals surface area contributed by atoms with E-state index in [0.717, 1.165) is 0 Å². The zero-order valence-corrected chi connectivity index (χ0v) is 15.0. The van der Waals surface area contributed by atoms with Crippen LogP contribution in [-0.4, -0.2) is 29.6 Å². The Morgan fingerprint density at radius 3 is 2.93 bits per heavy atom. The summed E-state index contributed by atoms with van der Waals surface area (Å²) >= 11 is 6.14. The number of hydrogen-bond donors (Lipinski definition) is 1. The van der Waals surface area contributed by atoms with Crippen LogP contribution in [0, 0.1) is 29.0 Å². The number of pyridine rings is 1. The molecule has 0 spiro atoms. The minimum absolute atomic E-state index is 0.0118. The van der Waals surface area contributed by atoms with Crippen LogP contribution in [0.25, 0.3) is 10.8 Å². The van der Waals surface area contributed by atoms with E-state index in [1.807, 2.05) is 0 Å². The molecule has 2 fully saturated rings. The Kier molecular flexibility index (Phi) is 4.12. The Morgan fingerprint density at radius 1 is 1.52 bits per heavy atom. The molecule has 0 radical (unpaired) electrons. The molecule has 0 bridgehead atoms. The summed E-state index contributed by atoms with van der Waals surface area (Å²) in [6.45, 7) is 1.90. The van der Waals surface area contributed by atoms with Gasteiger partial charge in [-0.15, -0.1) is 0 Å². The maximum Gasteiger partial charge on any atom is 0.414 e. The number of aromatic nitrogens is 1. The SMILES string of the molecule is C[C@@H]1COC(=O)N1c1cc2cc(NC(=O)C3CC3C#N)ncc2c(Cl)c1F. The number of fused-ring (bicyclic) bond motifs is 1. The molecule has 7 nitrogen and oxygen atoms in total. The molecule has 3 atom stereocenters. The predicted molar refractivity (Wildman–Crippen MR) is 95.8 cm³/mol. The number of nitrogens with one attached hydrogen (secondary N) is 1. The van der Waals surface area contributed by atoms with Gasteiger partial charge in [0.15, 0.2) is 5.82 Å². The van der Waals surface area contributed by atoms with Crippen molar-refractivity contribution in [3.8, 4) is 6.07 Å². The van der Waals surface area contributed by atoms with E-state index in [9.17, 15) is 14.0 Å². The van der Waals surface area contributed by atoms with Crippen molar-refractivity contribution in [2.45, 2.75) is 19.4 Å². The van der Waals surface area contributed by atoms with Gasteiger partial charge >= 0.3 is 6.09 Å². The van der Waals surface area contributed by atoms with Crippen molar-refractivity contribution in [3.63, 3.8) is 0 Å². The highest BCUT2D eigenvalue weighted by Gasteiger charge is 2.43. The molecule has 2 heterocycles. The van der Waals surface area contributed by atoms with Crippen LogP contribution in [-0.2, 0) is 9.53 Å². The van der Waals surface area contributed by atoms with Crippen LogP contribution in [0.1, 0.15) is 13.3 Å². The van der Waals surface area contributed by atoms with Crippen LogP contribution in [0.3, 0.4) is 0 Å². The van der Waals surface area contributed by atoms with Gasteiger partial charge in [0.1, 0.15) is 12.4 Å². The summed E-state index contributed by atoms with van der Waals surface area (Å²) in [6, 6.07) is 4.75. The molecule has 2 aromatic rings. The average molecular weight is 389 g/mol. The van der Waals surface area contributed by atoms with Crippen LogP contribution in [0.4, 0.5) is 20.7 Å². The van der Waals surface area contributed by atoms with E-state index in [4.69, 9.17) is 21.6 Å². The van der Waals surface area contributed by atoms with Gasteiger partial charge in [0.05, 0.1) is 34.7 Å². The first kappa shape index (κ1) is 17.5. The van der Waals surface area contributed by atoms with E-state index < -0.39 is 11.9 Å². The number of rotatable bonds is 3. The van der Waals surface area contributed by atoms with Crippen LogP contribution in [0.5, 0.6) is 0 Å². The number of benzene rings is 1. The van der Waals surface area contributed by atoms with Gasteiger partial charge in [-0.1, -0.05) is 11.6 Å². The molecule has 27 heavy (non-hydrogen) atoms. The van der Waals surface area contributed by atoms with Crippen LogP contribution >= 0.6 is 11.6 Å². The number of nitrogens with zero attached hydrogens (tertiary/aromatic N) is 3. The lowest BCUT2D eigenvalue weighted by Crippen LogP contribution is -2.31. The maximum atomic E-state index is 14.7. The molecule has 1 aliphatic heterocycles. The molecular weight excluding hydrogens is 375 g/mol. The van der Waals surface area contributed by atoms with Crippen molar-refractivity contribution in [2.75, 3.05) is 16.8 Å². The van der Waals surface area contributed by atoms with Gasteiger partial charge in [-0.25, -0.2) is 14.2 Å². The number of halogens is 2. The lowest BCUT2D eigenvalue weighted by atomic mass is 10.1. The van der Waals surface area contributed by atoms with E-state index in [2.05, 4.69) is 16.4 Å². The molecule has 1 aliphatic carbocycles. The fourth-order valence-corrected chi connectivity index (χ4v) is 3.41. The first-order valence-corrected chi connectivity index (χ1v) is 8.72. The van der Waals surface area contributed by atoms with Gasteiger partial charge in [0.2, 0.25) is 5.91 Å². The summed E-state index contributed by atoms with van der Waals surface area (Å²) in [5.41, 5.74) is 0.0118. The molecule has 1 N–H and O–H groups in total. The summed E-state index contributed by atoms with van der Waals surface area (Å²) in [6.07, 6.45) is 1.25. The zero-order valence-electron chi connectivity index (χ0n) is 14.2. The van der Waals surface area contributed by atoms with Gasteiger partial charge in [0.25, 0.3) is 0 Å². The molecule has 2 unspecified atom stereocenters. The summed E-state index contributed by atoms with van der Waals surface area (Å²) in [5.74, 6) is -1.34. The second kappa shape index (κ2) is 6.35. The second-order valence-corrected chi connectivity index (χ2v) is 7.06. The van der Waals surface area contributed by atoms with E-state index in [-0.39, 0.29) is 46.9 Å². The molecule has 9 heteroatoms. The second-order valence-electron chi connectivity index (χ2n) is 6.68. The number of anilines is 2. The highest BCUT2D eigenvalue weighted by atomic mass is 35.5. The standard InChI is InChI=1S/C18H14ClFN4O3/c1-8-7-27-18(26)24(8)13-3-9-4-14(22-6-12(9)15(19)16(13)20)23-17(25)11-2-10(11)5-21/h3-4,6,8,10-11H,2,7H2,1H3,(H,22,23,25)/t8-,10?,11?/m1/s1. The van der Waals surface area contributed by atoms with E-state index in [1.54, 1.807) is 13.0 Å². The number of amides is 2. The molecule has 1 aromatic carbocycles. The normalized spacial score (nSPS) is 23.9. The molecule has 138 valence electrons. The minimum Gasteiger partial charge on any atom is -0.447 e. The Balaban J connectivity index is 1.70. The fraction of sp³-hybridized carbons (Fsp3) is 0.333. The first-order chi connectivity index (χ1) is 12.9. The number of carbonyl (C=O) groups is 2. The highest BCUT2D eigenvalue weighted by Crippen LogP contribution is 2.39. The van der Waals surface area contributed by atoms with E-state index in [0.29, 0.717) is 17.2 Å². The molecular formula is C18H14ClFN4O3. The molecule has 1 aromatic heterocycles. The molecule has 1 saturated heterocycles. The van der Waals surface area contributed by atoms with Crippen molar-refractivity contribution in [1.82, 2.24) is 4.98 Å². The number of ether oxygens (including phenoxy) is 1. The summed E-state index contributed by atoms with van der Waals surface area (Å²) in [5, 5.41) is 12.2. The highest BCUT2D eigenvalue weighted by molar-refractivity contribution is 6.36. The average Bonchev–Trinajstić information content (AvgIpc) is 3.37. The van der Waals surface area contributed by atoms with Gasteiger partial charge < -0.3 is 10.1 Å². The quantitative estimate of drug-likeness (QED) is 0.868. The van der Waals surface area contributed by atoms with Crippen molar-refractivity contribution < 1.29 is 18.7 Å². The molecule has 2 aliphatic rings. The fourth-order valence-electron chi connectivity index (χ4n) is 3.16.